The molecule has 1 fully saturated rings. The Morgan fingerprint density at radius 3 is 2.53 bits per heavy atom. The number of ether oxygens (including phenoxy) is 2. The quantitative estimate of drug-likeness (QED) is 0.578. The van der Waals surface area contributed by atoms with Gasteiger partial charge in [-0.25, -0.2) is 4.79 Å². The lowest BCUT2D eigenvalue weighted by molar-refractivity contribution is -0.147. The molecule has 166 valence electrons. The average Bonchev–Trinajstić information content (AvgIpc) is 3.17. The van der Waals surface area contributed by atoms with Gasteiger partial charge < -0.3 is 20.5 Å². The van der Waals surface area contributed by atoms with E-state index in [1.54, 1.807) is 12.1 Å². The predicted octanol–water partition coefficient (Wildman–Crippen LogP) is 2.36. The molecule has 1 aromatic carbocycles. The molecule has 3 N–H and O–H groups in total. The molecule has 0 radical (unpaired) electrons. The third-order valence-corrected chi connectivity index (χ3v) is 6.04. The van der Waals surface area contributed by atoms with Gasteiger partial charge in [-0.05, 0) is 62.0 Å². The standard InChI is InChI=1S/C20H28N4O4S.ClH/c1-13(2)11-28-17(25)12-27-16-5-3-15(4-6-16)24-20(14-7-9-22-10-8-14)29-19(23-24)18(21)26;/h3-6,13-14,20,22H,7-12H2,1-2H3,(H2,21,26);1H. The number of carbonyl (C=O) groups is 2. The molecule has 0 spiro atoms. The highest BCUT2D eigenvalue weighted by molar-refractivity contribution is 8.16. The van der Waals surface area contributed by atoms with Crippen LogP contribution in [-0.4, -0.2) is 48.6 Å². The lowest BCUT2D eigenvalue weighted by atomic mass is 9.97. The summed E-state index contributed by atoms with van der Waals surface area (Å²) in [5.41, 5.74) is 6.33. The third-order valence-electron chi connectivity index (χ3n) is 4.71. The number of halogens is 1. The van der Waals surface area contributed by atoms with Crippen molar-refractivity contribution < 1.29 is 19.1 Å². The Hall–Kier alpha value is -1.97. The number of carbonyl (C=O) groups excluding carboxylic acids is 2. The van der Waals surface area contributed by atoms with Crippen molar-refractivity contribution >= 4 is 46.8 Å². The first kappa shape index (κ1) is 24.3. The number of amides is 1. The van der Waals surface area contributed by atoms with Gasteiger partial charge in [0.1, 0.15) is 11.1 Å². The summed E-state index contributed by atoms with van der Waals surface area (Å²) in [5.74, 6) is 0.375. The molecule has 1 atom stereocenters. The Morgan fingerprint density at radius 2 is 1.93 bits per heavy atom. The Balaban J connectivity index is 0.00000320. The lowest BCUT2D eigenvalue weighted by Gasteiger charge is -2.32. The fourth-order valence-corrected chi connectivity index (χ4v) is 4.43. The molecule has 2 heterocycles. The van der Waals surface area contributed by atoms with Crippen molar-refractivity contribution in [1.82, 2.24) is 5.32 Å². The Labute approximate surface area is 187 Å². The molecule has 1 saturated heterocycles. The molecule has 2 aliphatic rings. The van der Waals surface area contributed by atoms with Crippen LogP contribution in [0.1, 0.15) is 26.7 Å². The molecule has 0 saturated carbocycles. The van der Waals surface area contributed by atoms with Crippen LogP contribution in [0.5, 0.6) is 5.75 Å². The maximum atomic E-state index is 11.7. The summed E-state index contributed by atoms with van der Waals surface area (Å²) in [6.07, 6.45) is 2.05. The second-order valence-electron chi connectivity index (χ2n) is 7.57. The summed E-state index contributed by atoms with van der Waals surface area (Å²) < 4.78 is 10.6. The normalized spacial score (nSPS) is 19.2. The summed E-state index contributed by atoms with van der Waals surface area (Å²) in [4.78, 5) is 23.4. The van der Waals surface area contributed by atoms with Gasteiger partial charge in [-0.1, -0.05) is 25.6 Å². The van der Waals surface area contributed by atoms with Crippen LogP contribution in [0.3, 0.4) is 0 Å². The van der Waals surface area contributed by atoms with Gasteiger partial charge in [-0.2, -0.15) is 5.10 Å². The van der Waals surface area contributed by atoms with Gasteiger partial charge in [0.2, 0.25) is 0 Å². The Kier molecular flexibility index (Phi) is 9.26. The van der Waals surface area contributed by atoms with E-state index in [2.05, 4.69) is 10.4 Å². The number of benzene rings is 1. The minimum Gasteiger partial charge on any atom is -0.482 e. The van der Waals surface area contributed by atoms with E-state index in [1.807, 2.05) is 31.0 Å². The minimum atomic E-state index is -0.503. The highest BCUT2D eigenvalue weighted by Crippen LogP contribution is 2.39. The van der Waals surface area contributed by atoms with E-state index in [0.29, 0.717) is 23.3 Å². The second kappa shape index (κ2) is 11.4. The van der Waals surface area contributed by atoms with Crippen molar-refractivity contribution in [2.24, 2.45) is 22.7 Å². The van der Waals surface area contributed by atoms with Crippen molar-refractivity contribution in [3.63, 3.8) is 0 Å². The molecular weight excluding hydrogens is 428 g/mol. The zero-order valence-electron chi connectivity index (χ0n) is 17.2. The van der Waals surface area contributed by atoms with Crippen molar-refractivity contribution in [1.29, 1.82) is 0 Å². The van der Waals surface area contributed by atoms with Crippen LogP contribution in [0.15, 0.2) is 29.4 Å². The van der Waals surface area contributed by atoms with E-state index >= 15 is 0 Å². The average molecular weight is 457 g/mol. The van der Waals surface area contributed by atoms with E-state index in [-0.39, 0.29) is 36.3 Å². The molecular formula is C20H29ClN4O4S. The first-order valence-electron chi connectivity index (χ1n) is 9.87. The molecule has 10 heteroatoms. The number of hydrogen-bond acceptors (Lipinski definition) is 8. The first-order valence-corrected chi connectivity index (χ1v) is 10.8. The van der Waals surface area contributed by atoms with Crippen LogP contribution in [0.4, 0.5) is 5.69 Å². The zero-order chi connectivity index (χ0) is 20.8. The van der Waals surface area contributed by atoms with Crippen molar-refractivity contribution in [3.05, 3.63) is 24.3 Å². The van der Waals surface area contributed by atoms with Gasteiger partial charge in [0.05, 0.1) is 12.3 Å². The highest BCUT2D eigenvalue weighted by atomic mass is 35.5. The van der Waals surface area contributed by atoms with E-state index in [9.17, 15) is 9.59 Å². The summed E-state index contributed by atoms with van der Waals surface area (Å²) in [6.45, 7) is 6.13. The van der Waals surface area contributed by atoms with Gasteiger partial charge in [-0.15, -0.1) is 12.4 Å². The highest BCUT2D eigenvalue weighted by Gasteiger charge is 2.37. The molecule has 3 rings (SSSR count). The van der Waals surface area contributed by atoms with Crippen molar-refractivity contribution in [2.75, 3.05) is 31.3 Å². The monoisotopic (exact) mass is 456 g/mol. The number of nitrogens with one attached hydrogen (secondary N) is 1. The first-order chi connectivity index (χ1) is 13.9. The SMILES string of the molecule is CC(C)COC(=O)COc1ccc(N2N=C(C(N)=O)SC2C2CCNCC2)cc1.Cl. The van der Waals surface area contributed by atoms with Crippen LogP contribution in [0.2, 0.25) is 0 Å². The summed E-state index contributed by atoms with van der Waals surface area (Å²) >= 11 is 1.44. The van der Waals surface area contributed by atoms with Crippen molar-refractivity contribution in [2.45, 2.75) is 32.1 Å². The van der Waals surface area contributed by atoms with Gasteiger partial charge in [0, 0.05) is 0 Å². The van der Waals surface area contributed by atoms with Gasteiger partial charge >= 0.3 is 5.97 Å². The van der Waals surface area contributed by atoms with E-state index in [4.69, 9.17) is 15.2 Å². The number of primary amides is 1. The molecule has 0 aliphatic carbocycles. The van der Waals surface area contributed by atoms with E-state index < -0.39 is 5.91 Å². The van der Waals surface area contributed by atoms with Crippen LogP contribution >= 0.6 is 24.2 Å². The van der Waals surface area contributed by atoms with Gasteiger partial charge in [0.15, 0.2) is 11.7 Å². The number of hydrazone groups is 1. The van der Waals surface area contributed by atoms with Crippen molar-refractivity contribution in [3.8, 4) is 5.75 Å². The van der Waals surface area contributed by atoms with E-state index in [1.165, 1.54) is 11.8 Å². The smallest absolute Gasteiger partial charge is 0.344 e. The van der Waals surface area contributed by atoms with E-state index in [0.717, 1.165) is 31.6 Å². The van der Waals surface area contributed by atoms with Crippen LogP contribution in [0.25, 0.3) is 0 Å². The number of thioether (sulfide) groups is 1. The lowest BCUT2D eigenvalue weighted by Crippen LogP contribution is -2.38. The summed E-state index contributed by atoms with van der Waals surface area (Å²) in [6, 6.07) is 7.31. The van der Waals surface area contributed by atoms with Crippen LogP contribution < -0.4 is 20.8 Å². The molecule has 1 unspecified atom stereocenters. The molecule has 0 aromatic heterocycles. The van der Waals surface area contributed by atoms with Gasteiger partial charge in [-0.3, -0.25) is 9.80 Å². The maximum absolute atomic E-state index is 11.7. The zero-order valence-corrected chi connectivity index (χ0v) is 18.8. The minimum absolute atomic E-state index is 0. The molecule has 2 aliphatic heterocycles. The molecule has 30 heavy (non-hydrogen) atoms. The number of hydrogen-bond donors (Lipinski definition) is 2. The third kappa shape index (κ3) is 6.52. The van der Waals surface area contributed by atoms with Crippen LogP contribution in [0, 0.1) is 11.8 Å². The number of rotatable bonds is 8. The van der Waals surface area contributed by atoms with Crippen LogP contribution in [-0.2, 0) is 14.3 Å². The maximum Gasteiger partial charge on any atom is 0.344 e. The summed E-state index contributed by atoms with van der Waals surface area (Å²) in [5, 5.41) is 10.1. The topological polar surface area (TPSA) is 106 Å². The second-order valence-corrected chi connectivity index (χ2v) is 8.67. The molecule has 1 aromatic rings. The Morgan fingerprint density at radius 1 is 1.27 bits per heavy atom. The number of esters is 1. The number of nitrogens with zero attached hydrogens (tertiary/aromatic N) is 2. The fraction of sp³-hybridized carbons (Fsp3) is 0.550. The number of piperidine rings is 1. The number of nitrogens with two attached hydrogens (primary N) is 1. The summed E-state index contributed by atoms with van der Waals surface area (Å²) in [7, 11) is 0. The number of anilines is 1. The molecule has 1 amide bonds. The Bertz CT molecular complexity index is 754. The predicted molar refractivity (Wildman–Crippen MR) is 121 cm³/mol. The largest absolute Gasteiger partial charge is 0.482 e. The molecule has 0 bridgehead atoms. The fourth-order valence-electron chi connectivity index (χ4n) is 3.22. The molecule has 8 nitrogen and oxygen atoms in total. The van der Waals surface area contributed by atoms with Gasteiger partial charge in [0.25, 0.3) is 5.91 Å².